The van der Waals surface area contributed by atoms with E-state index in [0.29, 0.717) is 36.8 Å². The van der Waals surface area contributed by atoms with E-state index in [1.54, 1.807) is 12.1 Å². The Morgan fingerprint density at radius 3 is 2.42 bits per heavy atom. The molecule has 3 N–H and O–H groups in total. The average Bonchev–Trinajstić information content (AvgIpc) is 2.64. The Labute approximate surface area is 160 Å². The number of piperazine rings is 1. The minimum absolute atomic E-state index is 0.0854. The molecule has 26 heavy (non-hydrogen) atoms. The molecule has 0 unspecified atom stereocenters. The van der Waals surface area contributed by atoms with Gasteiger partial charge in [0, 0.05) is 32.6 Å². The van der Waals surface area contributed by atoms with Crippen molar-refractivity contribution in [2.24, 2.45) is 5.73 Å². The highest BCUT2D eigenvalue weighted by Gasteiger charge is 2.22. The Bertz CT molecular complexity index is 589. The van der Waals surface area contributed by atoms with Crippen LogP contribution in [0.4, 0.5) is 5.69 Å². The van der Waals surface area contributed by atoms with Gasteiger partial charge >= 0.3 is 0 Å². The summed E-state index contributed by atoms with van der Waals surface area (Å²) in [5.74, 6) is 0.135. The lowest BCUT2D eigenvalue weighted by Crippen LogP contribution is -2.50. The number of carbonyl (C=O) groups excluding carboxylic acids is 2. The summed E-state index contributed by atoms with van der Waals surface area (Å²) in [4.78, 5) is 28.4. The second kappa shape index (κ2) is 11.2. The predicted molar refractivity (Wildman–Crippen MR) is 105 cm³/mol. The van der Waals surface area contributed by atoms with Crippen molar-refractivity contribution in [3.63, 3.8) is 0 Å². The minimum Gasteiger partial charge on any atom is -0.340 e. The third-order valence-corrected chi connectivity index (χ3v) is 4.91. The van der Waals surface area contributed by atoms with Crippen molar-refractivity contribution < 1.29 is 9.59 Å². The molecule has 0 aromatic heterocycles. The highest BCUT2D eigenvalue weighted by atomic mass is 35.5. The molecule has 6 nitrogen and oxygen atoms in total. The van der Waals surface area contributed by atoms with E-state index in [1.807, 2.05) is 17.0 Å². The average molecular weight is 381 g/mol. The number of para-hydroxylation sites is 1. The largest absolute Gasteiger partial charge is 0.340 e. The SMILES string of the molecule is NCCCCCCC(=O)N1CCN(CC(=O)Nc2ccccc2Cl)CC1. The number of anilines is 1. The van der Waals surface area contributed by atoms with Crippen LogP contribution >= 0.6 is 11.6 Å². The molecule has 0 bridgehead atoms. The second-order valence-corrected chi connectivity index (χ2v) is 7.05. The zero-order chi connectivity index (χ0) is 18.8. The summed E-state index contributed by atoms with van der Waals surface area (Å²) in [6, 6.07) is 7.19. The van der Waals surface area contributed by atoms with E-state index in [1.165, 1.54) is 0 Å². The molecule has 1 aliphatic heterocycles. The first-order chi connectivity index (χ1) is 12.6. The Kier molecular flexibility index (Phi) is 8.88. The van der Waals surface area contributed by atoms with Gasteiger partial charge in [-0.05, 0) is 31.5 Å². The number of nitrogens with one attached hydrogen (secondary N) is 1. The van der Waals surface area contributed by atoms with E-state index in [4.69, 9.17) is 17.3 Å². The van der Waals surface area contributed by atoms with Crippen molar-refractivity contribution in [3.05, 3.63) is 29.3 Å². The van der Waals surface area contributed by atoms with Crippen molar-refractivity contribution in [3.8, 4) is 0 Å². The monoisotopic (exact) mass is 380 g/mol. The number of hydrogen-bond donors (Lipinski definition) is 2. The number of nitrogens with two attached hydrogens (primary N) is 1. The molecular formula is C19H29ClN4O2. The van der Waals surface area contributed by atoms with Gasteiger partial charge in [0.25, 0.3) is 0 Å². The van der Waals surface area contributed by atoms with E-state index < -0.39 is 0 Å². The van der Waals surface area contributed by atoms with Gasteiger partial charge in [-0.2, -0.15) is 0 Å². The van der Waals surface area contributed by atoms with Crippen LogP contribution in [0, 0.1) is 0 Å². The summed E-state index contributed by atoms with van der Waals surface area (Å²) in [7, 11) is 0. The fourth-order valence-corrected chi connectivity index (χ4v) is 3.23. The standard InChI is InChI=1S/C19H29ClN4O2/c20-16-7-4-5-8-17(16)22-18(25)15-23-11-13-24(14-12-23)19(26)9-3-1-2-6-10-21/h4-5,7-8H,1-3,6,9-15,21H2,(H,22,25). The molecule has 2 amide bonds. The Morgan fingerprint density at radius 2 is 1.73 bits per heavy atom. The van der Waals surface area contributed by atoms with Gasteiger partial charge in [0.15, 0.2) is 0 Å². The second-order valence-electron chi connectivity index (χ2n) is 6.64. The molecule has 1 fully saturated rings. The van der Waals surface area contributed by atoms with E-state index in [9.17, 15) is 9.59 Å². The van der Waals surface area contributed by atoms with Gasteiger partial charge in [0.1, 0.15) is 0 Å². The highest BCUT2D eigenvalue weighted by Crippen LogP contribution is 2.20. The summed E-state index contributed by atoms with van der Waals surface area (Å²) < 4.78 is 0. The Hall–Kier alpha value is -1.63. The fourth-order valence-electron chi connectivity index (χ4n) is 3.04. The Morgan fingerprint density at radius 1 is 1.04 bits per heavy atom. The lowest BCUT2D eigenvalue weighted by atomic mass is 10.1. The van der Waals surface area contributed by atoms with Crippen LogP contribution < -0.4 is 11.1 Å². The molecule has 0 radical (unpaired) electrons. The molecule has 1 heterocycles. The number of hydrogen-bond acceptors (Lipinski definition) is 4. The van der Waals surface area contributed by atoms with Gasteiger partial charge in [0.2, 0.25) is 11.8 Å². The molecule has 0 saturated carbocycles. The first kappa shape index (κ1) is 20.7. The number of benzene rings is 1. The van der Waals surface area contributed by atoms with Gasteiger partial charge in [0.05, 0.1) is 17.3 Å². The third-order valence-electron chi connectivity index (χ3n) is 4.58. The number of unbranched alkanes of at least 4 members (excludes halogenated alkanes) is 3. The summed E-state index contributed by atoms with van der Waals surface area (Å²) in [5.41, 5.74) is 6.10. The molecule has 7 heteroatoms. The highest BCUT2D eigenvalue weighted by molar-refractivity contribution is 6.33. The third kappa shape index (κ3) is 6.94. The molecular weight excluding hydrogens is 352 g/mol. The van der Waals surface area contributed by atoms with Gasteiger partial charge in [-0.3, -0.25) is 14.5 Å². The van der Waals surface area contributed by atoms with Crippen molar-refractivity contribution in [1.82, 2.24) is 9.80 Å². The topological polar surface area (TPSA) is 78.7 Å². The maximum absolute atomic E-state index is 12.2. The van der Waals surface area contributed by atoms with Crippen LogP contribution in [-0.4, -0.2) is 60.9 Å². The molecule has 144 valence electrons. The van der Waals surface area contributed by atoms with E-state index in [0.717, 1.165) is 45.3 Å². The molecule has 1 aliphatic rings. The van der Waals surface area contributed by atoms with Crippen molar-refractivity contribution >= 4 is 29.1 Å². The van der Waals surface area contributed by atoms with Crippen molar-refractivity contribution in [2.45, 2.75) is 32.1 Å². The zero-order valence-corrected chi connectivity index (χ0v) is 16.0. The summed E-state index contributed by atoms with van der Waals surface area (Å²) in [6.07, 6.45) is 4.73. The van der Waals surface area contributed by atoms with Crippen LogP contribution in [0.25, 0.3) is 0 Å². The van der Waals surface area contributed by atoms with Gasteiger partial charge in [-0.1, -0.05) is 36.6 Å². The maximum atomic E-state index is 12.2. The van der Waals surface area contributed by atoms with Crippen LogP contribution in [0.15, 0.2) is 24.3 Å². The van der Waals surface area contributed by atoms with Crippen molar-refractivity contribution in [1.29, 1.82) is 0 Å². The number of amides is 2. The van der Waals surface area contributed by atoms with Crippen LogP contribution in [0.1, 0.15) is 32.1 Å². The summed E-state index contributed by atoms with van der Waals surface area (Å²) in [6.45, 7) is 3.83. The molecule has 1 aromatic carbocycles. The molecule has 0 atom stereocenters. The quantitative estimate of drug-likeness (QED) is 0.644. The molecule has 1 aromatic rings. The zero-order valence-electron chi connectivity index (χ0n) is 15.3. The normalized spacial score (nSPS) is 15.1. The predicted octanol–water partition coefficient (Wildman–Crippen LogP) is 2.33. The summed E-state index contributed by atoms with van der Waals surface area (Å²) >= 11 is 6.06. The maximum Gasteiger partial charge on any atom is 0.238 e. The smallest absolute Gasteiger partial charge is 0.238 e. The van der Waals surface area contributed by atoms with Crippen molar-refractivity contribution in [2.75, 3.05) is 44.6 Å². The van der Waals surface area contributed by atoms with E-state index >= 15 is 0 Å². The number of halogens is 1. The molecule has 2 rings (SSSR count). The summed E-state index contributed by atoms with van der Waals surface area (Å²) in [5, 5.41) is 3.36. The first-order valence-electron chi connectivity index (χ1n) is 9.34. The number of carbonyl (C=O) groups is 2. The molecule has 1 saturated heterocycles. The van der Waals surface area contributed by atoms with Crippen LogP contribution in [0.3, 0.4) is 0 Å². The lowest BCUT2D eigenvalue weighted by Gasteiger charge is -2.34. The fraction of sp³-hybridized carbons (Fsp3) is 0.579. The van der Waals surface area contributed by atoms with Gasteiger partial charge in [-0.15, -0.1) is 0 Å². The molecule has 0 aliphatic carbocycles. The van der Waals surface area contributed by atoms with Gasteiger partial charge in [-0.25, -0.2) is 0 Å². The van der Waals surface area contributed by atoms with E-state index in [2.05, 4.69) is 10.2 Å². The molecule has 0 spiro atoms. The first-order valence-corrected chi connectivity index (χ1v) is 9.72. The van der Waals surface area contributed by atoms with E-state index in [-0.39, 0.29) is 11.8 Å². The number of nitrogens with zero attached hydrogens (tertiary/aromatic N) is 2. The van der Waals surface area contributed by atoms with Crippen LogP contribution in [-0.2, 0) is 9.59 Å². The minimum atomic E-state index is -0.0854. The number of rotatable bonds is 9. The lowest BCUT2D eigenvalue weighted by molar-refractivity contribution is -0.133. The van der Waals surface area contributed by atoms with Crippen LogP contribution in [0.5, 0.6) is 0 Å². The van der Waals surface area contributed by atoms with Crippen LogP contribution in [0.2, 0.25) is 5.02 Å². The van der Waals surface area contributed by atoms with Gasteiger partial charge < -0.3 is 16.0 Å². The Balaban J connectivity index is 1.65.